The summed E-state index contributed by atoms with van der Waals surface area (Å²) in [6.07, 6.45) is 0.772. The molecule has 0 fully saturated rings. The van der Waals surface area contributed by atoms with Crippen LogP contribution in [0.1, 0.15) is 13.3 Å². The normalized spacial score (nSPS) is 21.1. The zero-order chi connectivity index (χ0) is 10.1. The average molecular weight is 211 g/mol. The molecule has 0 aliphatic carbocycles. The largest absolute Gasteiger partial charge is 0.386 e. The number of hydrogen-bond acceptors (Lipinski definition) is 4. The minimum Gasteiger partial charge on any atom is -0.386 e. The van der Waals surface area contributed by atoms with Crippen molar-refractivity contribution >= 4 is 23.3 Å². The topological polar surface area (TPSA) is 54.5 Å². The molecule has 0 amide bonds. The molecule has 1 aromatic heterocycles. The van der Waals surface area contributed by atoms with Crippen LogP contribution in [0.3, 0.4) is 0 Å². The van der Waals surface area contributed by atoms with Gasteiger partial charge in [0.05, 0.1) is 6.04 Å². The van der Waals surface area contributed by atoms with Crippen molar-refractivity contribution < 1.29 is 0 Å². The van der Waals surface area contributed by atoms with E-state index in [0.29, 0.717) is 11.0 Å². The maximum Gasteiger partial charge on any atom is 0.150 e. The number of aromatic nitrogens is 1. The van der Waals surface area contributed by atoms with Crippen molar-refractivity contribution in [2.45, 2.75) is 19.4 Å². The van der Waals surface area contributed by atoms with Gasteiger partial charge in [0.2, 0.25) is 0 Å². The second-order valence-corrected chi connectivity index (χ2v) is 3.69. The third kappa shape index (κ3) is 1.65. The number of hydrogen-bond donors (Lipinski definition) is 1. The van der Waals surface area contributed by atoms with Crippen molar-refractivity contribution in [2.75, 3.05) is 5.01 Å². The van der Waals surface area contributed by atoms with E-state index >= 15 is 0 Å². The van der Waals surface area contributed by atoms with E-state index in [-0.39, 0.29) is 6.04 Å². The van der Waals surface area contributed by atoms with Gasteiger partial charge in [0.15, 0.2) is 5.82 Å². The zero-order valence-electron chi connectivity index (χ0n) is 7.81. The molecule has 0 bridgehead atoms. The lowest BCUT2D eigenvalue weighted by atomic mass is 10.2. The second-order valence-electron chi connectivity index (χ2n) is 3.31. The molecule has 1 aliphatic heterocycles. The predicted molar refractivity (Wildman–Crippen MR) is 57.4 cm³/mol. The molecule has 1 aromatic rings. The molecular formula is C9H11ClN4. The Labute approximate surface area is 87.4 Å². The lowest BCUT2D eigenvalue weighted by molar-refractivity contribution is 0.713. The van der Waals surface area contributed by atoms with Crippen molar-refractivity contribution in [1.82, 2.24) is 4.98 Å². The Kier molecular flexibility index (Phi) is 2.29. The fourth-order valence-corrected chi connectivity index (χ4v) is 1.63. The smallest absolute Gasteiger partial charge is 0.150 e. The van der Waals surface area contributed by atoms with E-state index in [1.165, 1.54) is 0 Å². The quantitative estimate of drug-likeness (QED) is 0.717. The molecule has 0 spiro atoms. The summed E-state index contributed by atoms with van der Waals surface area (Å²) in [6, 6.07) is 5.70. The van der Waals surface area contributed by atoms with Crippen LogP contribution >= 0.6 is 11.6 Å². The van der Waals surface area contributed by atoms with Crippen LogP contribution in [-0.2, 0) is 0 Å². The van der Waals surface area contributed by atoms with Crippen LogP contribution in [0.25, 0.3) is 0 Å². The Morgan fingerprint density at radius 1 is 1.57 bits per heavy atom. The van der Waals surface area contributed by atoms with Crippen LogP contribution in [0.2, 0.25) is 5.15 Å². The molecule has 0 saturated carbocycles. The molecule has 0 aromatic carbocycles. The highest BCUT2D eigenvalue weighted by Crippen LogP contribution is 2.22. The number of rotatable bonds is 1. The molecule has 1 aliphatic rings. The van der Waals surface area contributed by atoms with Crippen LogP contribution < -0.4 is 10.7 Å². The molecule has 5 heteroatoms. The minimum atomic E-state index is 0.251. The Bertz CT molecular complexity index is 377. The van der Waals surface area contributed by atoms with Crippen LogP contribution in [0.5, 0.6) is 0 Å². The number of nitrogens with two attached hydrogens (primary N) is 1. The summed E-state index contributed by atoms with van der Waals surface area (Å²) >= 11 is 5.79. The summed E-state index contributed by atoms with van der Waals surface area (Å²) < 4.78 is 0. The summed E-state index contributed by atoms with van der Waals surface area (Å²) in [5.41, 5.74) is 5.64. The number of halogens is 1. The summed E-state index contributed by atoms with van der Waals surface area (Å²) in [5.74, 6) is 1.38. The molecule has 74 valence electrons. The third-order valence-electron chi connectivity index (χ3n) is 2.09. The first-order chi connectivity index (χ1) is 6.66. The molecular weight excluding hydrogens is 200 g/mol. The van der Waals surface area contributed by atoms with Crippen LogP contribution in [0.4, 0.5) is 5.82 Å². The van der Waals surface area contributed by atoms with Gasteiger partial charge in [-0.05, 0) is 19.1 Å². The SMILES string of the molecule is CC1CC(N)=NN1c1cccc(Cl)n1. The monoisotopic (exact) mass is 210 g/mol. The summed E-state index contributed by atoms with van der Waals surface area (Å²) in [4.78, 5) is 4.17. The Morgan fingerprint density at radius 3 is 2.93 bits per heavy atom. The summed E-state index contributed by atoms with van der Waals surface area (Å²) in [5, 5.41) is 6.45. The average Bonchev–Trinajstić information content (AvgIpc) is 2.45. The number of pyridine rings is 1. The fraction of sp³-hybridized carbons (Fsp3) is 0.333. The first-order valence-corrected chi connectivity index (χ1v) is 4.79. The molecule has 2 rings (SSSR count). The molecule has 14 heavy (non-hydrogen) atoms. The summed E-state index contributed by atoms with van der Waals surface area (Å²) in [6.45, 7) is 2.05. The predicted octanol–water partition coefficient (Wildman–Crippen LogP) is 1.61. The van der Waals surface area contributed by atoms with Crippen molar-refractivity contribution in [1.29, 1.82) is 0 Å². The van der Waals surface area contributed by atoms with Gasteiger partial charge in [-0.15, -0.1) is 0 Å². The minimum absolute atomic E-state index is 0.251. The van der Waals surface area contributed by atoms with E-state index in [1.807, 2.05) is 19.1 Å². The molecule has 0 saturated heterocycles. The Hall–Kier alpha value is -1.29. The molecule has 0 radical (unpaired) electrons. The maximum absolute atomic E-state index is 5.79. The van der Waals surface area contributed by atoms with E-state index in [1.54, 1.807) is 11.1 Å². The van der Waals surface area contributed by atoms with Gasteiger partial charge in [0.25, 0.3) is 0 Å². The maximum atomic E-state index is 5.79. The standard InChI is InChI=1S/C9H11ClN4/c1-6-5-8(11)13-14(6)9-4-2-3-7(10)12-9/h2-4,6H,5H2,1H3,(H2,11,13). The van der Waals surface area contributed by atoms with E-state index in [4.69, 9.17) is 17.3 Å². The lowest BCUT2D eigenvalue weighted by Gasteiger charge is -2.18. The van der Waals surface area contributed by atoms with Crippen molar-refractivity contribution in [3.63, 3.8) is 0 Å². The lowest BCUT2D eigenvalue weighted by Crippen LogP contribution is -2.23. The van der Waals surface area contributed by atoms with E-state index < -0.39 is 0 Å². The van der Waals surface area contributed by atoms with E-state index in [9.17, 15) is 0 Å². The zero-order valence-corrected chi connectivity index (χ0v) is 8.57. The fourth-order valence-electron chi connectivity index (χ4n) is 1.47. The van der Waals surface area contributed by atoms with Gasteiger partial charge in [-0.2, -0.15) is 5.10 Å². The van der Waals surface area contributed by atoms with Gasteiger partial charge in [0, 0.05) is 6.42 Å². The van der Waals surface area contributed by atoms with Crippen LogP contribution in [0.15, 0.2) is 23.3 Å². The van der Waals surface area contributed by atoms with Crippen molar-refractivity contribution in [2.24, 2.45) is 10.8 Å². The third-order valence-corrected chi connectivity index (χ3v) is 2.30. The van der Waals surface area contributed by atoms with E-state index in [0.717, 1.165) is 12.2 Å². The van der Waals surface area contributed by atoms with Gasteiger partial charge < -0.3 is 5.73 Å². The molecule has 2 N–H and O–H groups in total. The molecule has 1 unspecified atom stereocenters. The Morgan fingerprint density at radius 2 is 2.36 bits per heavy atom. The molecule has 4 nitrogen and oxygen atoms in total. The highest BCUT2D eigenvalue weighted by atomic mass is 35.5. The highest BCUT2D eigenvalue weighted by molar-refractivity contribution is 6.29. The second kappa shape index (κ2) is 3.46. The first kappa shape index (κ1) is 9.27. The number of hydrazone groups is 1. The van der Waals surface area contributed by atoms with Crippen molar-refractivity contribution in [3.8, 4) is 0 Å². The van der Waals surface area contributed by atoms with Gasteiger partial charge >= 0.3 is 0 Å². The molecule has 1 atom stereocenters. The number of anilines is 1. The van der Waals surface area contributed by atoms with Gasteiger partial charge in [-0.3, -0.25) is 0 Å². The van der Waals surface area contributed by atoms with Gasteiger partial charge in [-0.25, -0.2) is 9.99 Å². The van der Waals surface area contributed by atoms with Gasteiger partial charge in [-0.1, -0.05) is 17.7 Å². The number of amidine groups is 1. The van der Waals surface area contributed by atoms with Crippen LogP contribution in [0, 0.1) is 0 Å². The van der Waals surface area contributed by atoms with Crippen LogP contribution in [-0.4, -0.2) is 16.9 Å². The number of nitrogens with zero attached hydrogens (tertiary/aromatic N) is 3. The molecule has 2 heterocycles. The summed E-state index contributed by atoms with van der Waals surface area (Å²) in [7, 11) is 0. The Balaban J connectivity index is 2.31. The highest BCUT2D eigenvalue weighted by Gasteiger charge is 2.22. The van der Waals surface area contributed by atoms with Crippen molar-refractivity contribution in [3.05, 3.63) is 23.4 Å². The van der Waals surface area contributed by atoms with E-state index in [2.05, 4.69) is 10.1 Å². The van der Waals surface area contributed by atoms with Gasteiger partial charge in [0.1, 0.15) is 11.0 Å². The first-order valence-electron chi connectivity index (χ1n) is 4.41.